The van der Waals surface area contributed by atoms with Gasteiger partial charge in [0.1, 0.15) is 17.8 Å². The maximum Gasteiger partial charge on any atom is 0.272 e. The normalized spacial score (nSPS) is 15.0. The Labute approximate surface area is 136 Å². The number of hydrogen-bond donors (Lipinski definition) is 1. The summed E-state index contributed by atoms with van der Waals surface area (Å²) >= 11 is 0. The van der Waals surface area contributed by atoms with E-state index in [-0.39, 0.29) is 5.91 Å². The van der Waals surface area contributed by atoms with Crippen LogP contribution in [0.25, 0.3) is 0 Å². The Morgan fingerprint density at radius 2 is 1.83 bits per heavy atom. The predicted molar refractivity (Wildman–Crippen MR) is 88.0 cm³/mol. The Kier molecular flexibility index (Phi) is 5.13. The standard InChI is InChI=1S/C17H21N5O/c23-17(22-9-3-1-2-4-10-22)15-11-16(21-13-20-15)19-12-14-5-7-18-8-6-14/h5-8,11,13H,1-4,9-10,12H2,(H,19,20,21). The summed E-state index contributed by atoms with van der Waals surface area (Å²) < 4.78 is 0. The van der Waals surface area contributed by atoms with Crippen molar-refractivity contribution in [1.82, 2.24) is 19.9 Å². The lowest BCUT2D eigenvalue weighted by atomic mass is 10.2. The molecule has 1 fully saturated rings. The van der Waals surface area contributed by atoms with Crippen molar-refractivity contribution >= 4 is 11.7 Å². The molecule has 2 aromatic heterocycles. The van der Waals surface area contributed by atoms with Gasteiger partial charge in [-0.15, -0.1) is 0 Å². The first kappa shape index (κ1) is 15.4. The molecular formula is C17H21N5O. The molecule has 6 nitrogen and oxygen atoms in total. The zero-order valence-electron chi connectivity index (χ0n) is 13.1. The van der Waals surface area contributed by atoms with Gasteiger partial charge in [-0.2, -0.15) is 0 Å². The van der Waals surface area contributed by atoms with E-state index in [1.54, 1.807) is 18.5 Å². The maximum atomic E-state index is 12.6. The average Bonchev–Trinajstić information content (AvgIpc) is 2.90. The lowest BCUT2D eigenvalue weighted by molar-refractivity contribution is 0.0755. The molecule has 0 unspecified atom stereocenters. The first-order valence-corrected chi connectivity index (χ1v) is 8.07. The molecule has 0 saturated carbocycles. The molecule has 1 saturated heterocycles. The van der Waals surface area contributed by atoms with Crippen LogP contribution in [0.3, 0.4) is 0 Å². The molecule has 1 aliphatic heterocycles. The van der Waals surface area contributed by atoms with Gasteiger partial charge < -0.3 is 10.2 Å². The third kappa shape index (κ3) is 4.25. The highest BCUT2D eigenvalue weighted by Crippen LogP contribution is 2.14. The topological polar surface area (TPSA) is 71.0 Å². The van der Waals surface area contributed by atoms with Crippen LogP contribution in [0.5, 0.6) is 0 Å². The van der Waals surface area contributed by atoms with Gasteiger partial charge in [-0.25, -0.2) is 9.97 Å². The van der Waals surface area contributed by atoms with E-state index in [9.17, 15) is 4.79 Å². The minimum Gasteiger partial charge on any atom is -0.366 e. The molecule has 0 atom stereocenters. The minimum absolute atomic E-state index is 0.00117. The summed E-state index contributed by atoms with van der Waals surface area (Å²) in [7, 11) is 0. The van der Waals surface area contributed by atoms with Crippen molar-refractivity contribution in [3.05, 3.63) is 48.2 Å². The Balaban J connectivity index is 1.65. The Morgan fingerprint density at radius 1 is 1.09 bits per heavy atom. The molecule has 1 N–H and O–H groups in total. The van der Waals surface area contributed by atoms with E-state index in [2.05, 4.69) is 20.3 Å². The van der Waals surface area contributed by atoms with Gasteiger partial charge in [0.2, 0.25) is 0 Å². The number of nitrogens with zero attached hydrogens (tertiary/aromatic N) is 4. The second kappa shape index (κ2) is 7.67. The van der Waals surface area contributed by atoms with Gasteiger partial charge in [0.25, 0.3) is 5.91 Å². The van der Waals surface area contributed by atoms with E-state index in [1.807, 2.05) is 17.0 Å². The van der Waals surface area contributed by atoms with Gasteiger partial charge >= 0.3 is 0 Å². The zero-order chi connectivity index (χ0) is 15.9. The SMILES string of the molecule is O=C(c1cc(NCc2ccncc2)ncn1)N1CCCCCC1. The number of aromatic nitrogens is 3. The molecular weight excluding hydrogens is 290 g/mol. The lowest BCUT2D eigenvalue weighted by Gasteiger charge is -2.19. The highest BCUT2D eigenvalue weighted by Gasteiger charge is 2.18. The third-order valence-corrected chi connectivity index (χ3v) is 4.00. The van der Waals surface area contributed by atoms with Gasteiger partial charge in [-0.3, -0.25) is 9.78 Å². The highest BCUT2D eigenvalue weighted by molar-refractivity contribution is 5.92. The first-order chi connectivity index (χ1) is 11.3. The largest absolute Gasteiger partial charge is 0.366 e. The predicted octanol–water partition coefficient (Wildman–Crippen LogP) is 2.50. The molecule has 3 heterocycles. The number of anilines is 1. The first-order valence-electron chi connectivity index (χ1n) is 8.07. The van der Waals surface area contributed by atoms with Crippen LogP contribution in [0.4, 0.5) is 5.82 Å². The Morgan fingerprint density at radius 3 is 2.57 bits per heavy atom. The number of carbonyl (C=O) groups excluding carboxylic acids is 1. The molecule has 120 valence electrons. The number of hydrogen-bond acceptors (Lipinski definition) is 5. The summed E-state index contributed by atoms with van der Waals surface area (Å²) in [5.41, 5.74) is 1.57. The van der Waals surface area contributed by atoms with Crippen molar-refractivity contribution < 1.29 is 4.79 Å². The van der Waals surface area contributed by atoms with Crippen LogP contribution in [0.15, 0.2) is 36.9 Å². The summed E-state index contributed by atoms with van der Waals surface area (Å²) in [5, 5.41) is 3.22. The number of carbonyl (C=O) groups is 1. The van der Waals surface area contributed by atoms with Crippen LogP contribution in [0.2, 0.25) is 0 Å². The van der Waals surface area contributed by atoms with Crippen LogP contribution >= 0.6 is 0 Å². The zero-order valence-corrected chi connectivity index (χ0v) is 13.1. The molecule has 0 radical (unpaired) electrons. The summed E-state index contributed by atoms with van der Waals surface area (Å²) in [6.45, 7) is 2.28. The highest BCUT2D eigenvalue weighted by atomic mass is 16.2. The third-order valence-electron chi connectivity index (χ3n) is 4.00. The van der Waals surface area contributed by atoms with E-state index in [1.165, 1.54) is 19.2 Å². The van der Waals surface area contributed by atoms with E-state index >= 15 is 0 Å². The van der Waals surface area contributed by atoms with Crippen LogP contribution in [0, 0.1) is 0 Å². The molecule has 2 aromatic rings. The van der Waals surface area contributed by atoms with E-state index in [0.717, 1.165) is 31.5 Å². The molecule has 3 rings (SSSR count). The second-order valence-electron chi connectivity index (χ2n) is 5.70. The number of nitrogens with one attached hydrogen (secondary N) is 1. The van der Waals surface area contributed by atoms with Crippen molar-refractivity contribution in [3.8, 4) is 0 Å². The average molecular weight is 311 g/mol. The van der Waals surface area contributed by atoms with Crippen LogP contribution in [0.1, 0.15) is 41.7 Å². The van der Waals surface area contributed by atoms with Gasteiger partial charge in [0, 0.05) is 38.1 Å². The fraction of sp³-hybridized carbons (Fsp3) is 0.412. The van der Waals surface area contributed by atoms with Crippen molar-refractivity contribution in [2.24, 2.45) is 0 Å². The maximum absolute atomic E-state index is 12.6. The summed E-state index contributed by atoms with van der Waals surface area (Å²) in [4.78, 5) is 26.8. The van der Waals surface area contributed by atoms with Crippen molar-refractivity contribution in [2.75, 3.05) is 18.4 Å². The van der Waals surface area contributed by atoms with E-state index < -0.39 is 0 Å². The van der Waals surface area contributed by atoms with Crippen molar-refractivity contribution in [3.63, 3.8) is 0 Å². The quantitative estimate of drug-likeness (QED) is 0.939. The molecule has 0 aliphatic carbocycles. The number of amides is 1. The smallest absolute Gasteiger partial charge is 0.272 e. The van der Waals surface area contributed by atoms with Crippen LogP contribution in [-0.2, 0) is 6.54 Å². The number of likely N-dealkylation sites (tertiary alicyclic amines) is 1. The van der Waals surface area contributed by atoms with Gasteiger partial charge in [-0.1, -0.05) is 12.8 Å². The molecule has 1 aliphatic rings. The molecule has 0 bridgehead atoms. The molecule has 0 spiro atoms. The van der Waals surface area contributed by atoms with Gasteiger partial charge in [0.15, 0.2) is 0 Å². The Hall–Kier alpha value is -2.50. The van der Waals surface area contributed by atoms with Crippen molar-refractivity contribution in [2.45, 2.75) is 32.2 Å². The Bertz CT molecular complexity index is 638. The molecule has 23 heavy (non-hydrogen) atoms. The summed E-state index contributed by atoms with van der Waals surface area (Å²) in [5.74, 6) is 0.663. The summed E-state index contributed by atoms with van der Waals surface area (Å²) in [6, 6.07) is 5.61. The van der Waals surface area contributed by atoms with Crippen LogP contribution < -0.4 is 5.32 Å². The monoisotopic (exact) mass is 311 g/mol. The van der Waals surface area contributed by atoms with E-state index in [0.29, 0.717) is 18.1 Å². The lowest BCUT2D eigenvalue weighted by Crippen LogP contribution is -2.32. The van der Waals surface area contributed by atoms with Gasteiger partial charge in [-0.05, 0) is 30.5 Å². The summed E-state index contributed by atoms with van der Waals surface area (Å²) in [6.07, 6.45) is 9.50. The van der Waals surface area contributed by atoms with Gasteiger partial charge in [0.05, 0.1) is 0 Å². The number of rotatable bonds is 4. The molecule has 1 amide bonds. The minimum atomic E-state index is 0.00117. The molecule has 6 heteroatoms. The fourth-order valence-corrected chi connectivity index (χ4v) is 2.70. The van der Waals surface area contributed by atoms with Crippen molar-refractivity contribution in [1.29, 1.82) is 0 Å². The fourth-order valence-electron chi connectivity index (χ4n) is 2.70. The number of pyridine rings is 1. The second-order valence-corrected chi connectivity index (χ2v) is 5.70. The van der Waals surface area contributed by atoms with Crippen LogP contribution in [-0.4, -0.2) is 38.8 Å². The van der Waals surface area contributed by atoms with E-state index in [4.69, 9.17) is 0 Å². The molecule has 0 aromatic carbocycles.